The van der Waals surface area contributed by atoms with Gasteiger partial charge in [-0.1, -0.05) is 41.9 Å². The second-order valence-corrected chi connectivity index (χ2v) is 5.41. The van der Waals surface area contributed by atoms with Crippen LogP contribution in [0.2, 0.25) is 5.02 Å². The lowest BCUT2D eigenvalue weighted by atomic mass is 10.0. The molecule has 0 amide bonds. The first-order valence-corrected chi connectivity index (χ1v) is 7.04. The first kappa shape index (κ1) is 14.4. The first-order valence-electron chi connectivity index (χ1n) is 5.87. The molecule has 1 unspecified atom stereocenters. The predicted molar refractivity (Wildman–Crippen MR) is 80.8 cm³/mol. The Morgan fingerprint density at radius 2 is 1.95 bits per heavy atom. The fourth-order valence-electron chi connectivity index (χ4n) is 1.97. The van der Waals surface area contributed by atoms with Gasteiger partial charge in [0.1, 0.15) is 5.75 Å². The Bertz CT molecular complexity index is 572. The molecule has 2 nitrogen and oxygen atoms in total. The van der Waals surface area contributed by atoms with Crippen LogP contribution in [-0.2, 0) is 6.42 Å². The van der Waals surface area contributed by atoms with E-state index in [1.165, 1.54) is 0 Å². The molecule has 0 radical (unpaired) electrons. The number of rotatable bonds is 4. The number of hydrogen-bond donors (Lipinski definition) is 1. The number of aliphatic hydroxyl groups is 1. The second-order valence-electron chi connectivity index (χ2n) is 4.17. The topological polar surface area (TPSA) is 29.5 Å². The molecule has 0 aromatic heterocycles. The quantitative estimate of drug-likeness (QED) is 0.894. The van der Waals surface area contributed by atoms with Crippen molar-refractivity contribution in [2.45, 2.75) is 12.5 Å². The Balaban J connectivity index is 2.26. The minimum atomic E-state index is -0.665. The van der Waals surface area contributed by atoms with Crippen LogP contribution in [0.4, 0.5) is 0 Å². The Kier molecular flexibility index (Phi) is 4.86. The summed E-state index contributed by atoms with van der Waals surface area (Å²) in [6.45, 7) is 0. The Labute approximate surface area is 126 Å². The zero-order valence-electron chi connectivity index (χ0n) is 10.4. The van der Waals surface area contributed by atoms with E-state index in [-0.39, 0.29) is 0 Å². The van der Waals surface area contributed by atoms with E-state index in [1.54, 1.807) is 7.11 Å². The van der Waals surface area contributed by atoms with Crippen molar-refractivity contribution in [3.8, 4) is 5.75 Å². The van der Waals surface area contributed by atoms with E-state index in [4.69, 9.17) is 16.3 Å². The third-order valence-corrected chi connectivity index (χ3v) is 4.26. The molecule has 0 heterocycles. The average Bonchev–Trinajstić information content (AvgIpc) is 2.42. The fraction of sp³-hybridized carbons (Fsp3) is 0.200. The van der Waals surface area contributed by atoms with Crippen LogP contribution < -0.4 is 4.74 Å². The summed E-state index contributed by atoms with van der Waals surface area (Å²) in [4.78, 5) is 0. The Morgan fingerprint density at radius 3 is 2.68 bits per heavy atom. The van der Waals surface area contributed by atoms with E-state index >= 15 is 0 Å². The number of methoxy groups -OCH3 is 1. The maximum Gasteiger partial charge on any atom is 0.122 e. The molecule has 2 rings (SSSR count). The standard InChI is InChI=1S/C15H14BrClO2/c1-19-14-8-3-2-5-10(14)9-13(18)11-6-4-7-12(16)15(11)17/h2-8,13,18H,9H2,1H3. The van der Waals surface area contributed by atoms with Crippen LogP contribution in [0.25, 0.3) is 0 Å². The molecule has 0 aliphatic heterocycles. The first-order chi connectivity index (χ1) is 9.13. The van der Waals surface area contributed by atoms with Crippen molar-refractivity contribution in [1.29, 1.82) is 0 Å². The maximum absolute atomic E-state index is 10.3. The summed E-state index contributed by atoms with van der Waals surface area (Å²) in [5.74, 6) is 0.771. The van der Waals surface area contributed by atoms with Crippen LogP contribution in [0.5, 0.6) is 5.75 Å². The van der Waals surface area contributed by atoms with Gasteiger partial charge >= 0.3 is 0 Å². The van der Waals surface area contributed by atoms with Crippen LogP contribution in [-0.4, -0.2) is 12.2 Å². The molecule has 0 saturated carbocycles. The summed E-state index contributed by atoms with van der Waals surface area (Å²) in [7, 11) is 1.62. The number of aliphatic hydroxyl groups excluding tert-OH is 1. The lowest BCUT2D eigenvalue weighted by Gasteiger charge is -2.15. The third-order valence-electron chi connectivity index (χ3n) is 2.95. The monoisotopic (exact) mass is 340 g/mol. The van der Waals surface area contributed by atoms with Crippen LogP contribution in [0.15, 0.2) is 46.9 Å². The number of hydrogen-bond acceptors (Lipinski definition) is 2. The summed E-state index contributed by atoms with van der Waals surface area (Å²) in [6.07, 6.45) is -0.207. The Hall–Kier alpha value is -1.03. The lowest BCUT2D eigenvalue weighted by molar-refractivity contribution is 0.177. The smallest absolute Gasteiger partial charge is 0.122 e. The van der Waals surface area contributed by atoms with Crippen LogP contribution >= 0.6 is 27.5 Å². The predicted octanol–water partition coefficient (Wildman–Crippen LogP) is 4.39. The van der Waals surface area contributed by atoms with E-state index in [2.05, 4.69) is 15.9 Å². The highest BCUT2D eigenvalue weighted by atomic mass is 79.9. The molecule has 19 heavy (non-hydrogen) atoms. The number of benzene rings is 2. The van der Waals surface area contributed by atoms with Crippen molar-refractivity contribution < 1.29 is 9.84 Å². The molecule has 1 atom stereocenters. The maximum atomic E-state index is 10.3. The van der Waals surface area contributed by atoms with Gasteiger partial charge in [0, 0.05) is 16.5 Å². The summed E-state index contributed by atoms with van der Waals surface area (Å²) >= 11 is 9.55. The van der Waals surface area contributed by atoms with Gasteiger partial charge < -0.3 is 9.84 Å². The summed E-state index contributed by atoms with van der Waals surface area (Å²) in [5.41, 5.74) is 1.66. The number of halogens is 2. The van der Waals surface area contributed by atoms with Crippen molar-refractivity contribution >= 4 is 27.5 Å². The van der Waals surface area contributed by atoms with Crippen LogP contribution in [0, 0.1) is 0 Å². The van der Waals surface area contributed by atoms with Crippen molar-refractivity contribution in [3.05, 3.63) is 63.1 Å². The van der Waals surface area contributed by atoms with Gasteiger partial charge in [-0.15, -0.1) is 0 Å². The molecular formula is C15H14BrClO2. The van der Waals surface area contributed by atoms with Crippen molar-refractivity contribution in [2.24, 2.45) is 0 Å². The van der Waals surface area contributed by atoms with Gasteiger partial charge in [0.2, 0.25) is 0 Å². The van der Waals surface area contributed by atoms with Crippen molar-refractivity contribution in [3.63, 3.8) is 0 Å². The second kappa shape index (κ2) is 6.42. The van der Waals surface area contributed by atoms with E-state index in [0.29, 0.717) is 17.0 Å². The lowest BCUT2D eigenvalue weighted by Crippen LogP contribution is -2.04. The van der Waals surface area contributed by atoms with E-state index in [1.807, 2.05) is 42.5 Å². The van der Waals surface area contributed by atoms with Gasteiger partial charge in [-0.05, 0) is 33.6 Å². The van der Waals surface area contributed by atoms with Crippen molar-refractivity contribution in [1.82, 2.24) is 0 Å². The third kappa shape index (κ3) is 3.30. The SMILES string of the molecule is COc1ccccc1CC(O)c1cccc(Br)c1Cl. The molecule has 2 aromatic rings. The van der Waals surface area contributed by atoms with E-state index < -0.39 is 6.10 Å². The highest BCUT2D eigenvalue weighted by molar-refractivity contribution is 9.10. The molecule has 0 aliphatic carbocycles. The highest BCUT2D eigenvalue weighted by Gasteiger charge is 2.15. The highest BCUT2D eigenvalue weighted by Crippen LogP contribution is 2.33. The van der Waals surface area contributed by atoms with Crippen LogP contribution in [0.3, 0.4) is 0 Å². The van der Waals surface area contributed by atoms with Gasteiger partial charge in [-0.25, -0.2) is 0 Å². The zero-order valence-corrected chi connectivity index (χ0v) is 12.8. The van der Waals surface area contributed by atoms with Crippen LogP contribution in [0.1, 0.15) is 17.2 Å². The Morgan fingerprint density at radius 1 is 1.21 bits per heavy atom. The molecule has 0 spiro atoms. The molecule has 2 aromatic carbocycles. The molecule has 0 saturated heterocycles. The molecule has 0 fully saturated rings. The van der Waals surface area contributed by atoms with E-state index in [0.717, 1.165) is 15.8 Å². The van der Waals surface area contributed by atoms with Gasteiger partial charge in [-0.2, -0.15) is 0 Å². The zero-order chi connectivity index (χ0) is 13.8. The fourth-order valence-corrected chi connectivity index (χ4v) is 2.60. The minimum Gasteiger partial charge on any atom is -0.496 e. The molecule has 4 heteroatoms. The van der Waals surface area contributed by atoms with Crippen molar-refractivity contribution in [2.75, 3.05) is 7.11 Å². The summed E-state index contributed by atoms with van der Waals surface area (Å²) in [5, 5.41) is 10.9. The number of para-hydroxylation sites is 1. The molecule has 100 valence electrons. The normalized spacial score (nSPS) is 12.2. The van der Waals surface area contributed by atoms with Gasteiger partial charge in [0.15, 0.2) is 0 Å². The summed E-state index contributed by atoms with van der Waals surface area (Å²) in [6, 6.07) is 13.2. The summed E-state index contributed by atoms with van der Waals surface area (Å²) < 4.78 is 6.07. The van der Waals surface area contributed by atoms with Gasteiger partial charge in [-0.3, -0.25) is 0 Å². The van der Waals surface area contributed by atoms with Gasteiger partial charge in [0.05, 0.1) is 18.2 Å². The molecular weight excluding hydrogens is 328 g/mol. The minimum absolute atomic E-state index is 0.459. The average molecular weight is 342 g/mol. The largest absolute Gasteiger partial charge is 0.496 e. The molecule has 0 bridgehead atoms. The number of ether oxygens (including phenoxy) is 1. The molecule has 1 N–H and O–H groups in total. The molecule has 0 aliphatic rings. The van der Waals surface area contributed by atoms with Gasteiger partial charge in [0.25, 0.3) is 0 Å². The van der Waals surface area contributed by atoms with E-state index in [9.17, 15) is 5.11 Å².